The number of hydrogen-bond donors (Lipinski definition) is 1. The smallest absolute Gasteiger partial charge is 0.227 e. The molecule has 4 rings (SSSR count). The molecule has 10 nitrogen and oxygen atoms in total. The number of aromatic nitrogens is 6. The summed E-state index contributed by atoms with van der Waals surface area (Å²) in [6, 6.07) is 9.16. The summed E-state index contributed by atoms with van der Waals surface area (Å²) >= 11 is 0. The molecule has 0 atom stereocenters. The molecule has 0 saturated heterocycles. The van der Waals surface area contributed by atoms with Gasteiger partial charge in [0.25, 0.3) is 0 Å². The Hall–Kier alpha value is -3.95. The number of hydrogen-bond acceptors (Lipinski definition) is 9. The Morgan fingerprint density at radius 1 is 1.00 bits per heavy atom. The maximum absolute atomic E-state index is 6.25. The van der Waals surface area contributed by atoms with E-state index in [-0.39, 0.29) is 5.95 Å². The molecule has 0 saturated carbocycles. The van der Waals surface area contributed by atoms with E-state index in [0.717, 1.165) is 13.1 Å². The summed E-state index contributed by atoms with van der Waals surface area (Å²) in [6.07, 6.45) is 1.68. The van der Waals surface area contributed by atoms with Crippen LogP contribution in [0, 0.1) is 0 Å². The summed E-state index contributed by atoms with van der Waals surface area (Å²) in [6.45, 7) is 5.60. The van der Waals surface area contributed by atoms with Crippen molar-refractivity contribution in [1.82, 2.24) is 29.7 Å². The number of ether oxygens (including phenoxy) is 2. The number of nitrogens with two attached hydrogens (primary N) is 1. The molecule has 3 aromatic heterocycles. The predicted octanol–water partition coefficient (Wildman–Crippen LogP) is 2.72. The number of nitrogens with zero attached hydrogens (tertiary/aromatic N) is 7. The lowest BCUT2D eigenvalue weighted by Gasteiger charge is -2.20. The zero-order valence-electron chi connectivity index (χ0n) is 17.9. The van der Waals surface area contributed by atoms with Crippen molar-refractivity contribution in [2.75, 3.05) is 37.9 Å². The number of nitrogen functional groups attached to an aromatic ring is 1. The van der Waals surface area contributed by atoms with Crippen molar-refractivity contribution in [2.24, 2.45) is 0 Å². The second-order valence-corrected chi connectivity index (χ2v) is 6.66. The predicted molar refractivity (Wildman–Crippen MR) is 119 cm³/mol. The van der Waals surface area contributed by atoms with Crippen LogP contribution in [0.5, 0.6) is 11.5 Å². The average molecular weight is 420 g/mol. The molecule has 0 aliphatic heterocycles. The van der Waals surface area contributed by atoms with Crippen molar-refractivity contribution in [3.05, 3.63) is 36.5 Å². The van der Waals surface area contributed by atoms with Gasteiger partial charge in [-0.1, -0.05) is 6.07 Å². The van der Waals surface area contributed by atoms with E-state index in [1.807, 2.05) is 49.1 Å². The van der Waals surface area contributed by atoms with Crippen LogP contribution in [0.1, 0.15) is 13.8 Å². The second kappa shape index (κ2) is 8.42. The summed E-state index contributed by atoms with van der Waals surface area (Å²) in [4.78, 5) is 20.3. The maximum Gasteiger partial charge on any atom is 0.227 e. The zero-order chi connectivity index (χ0) is 22.0. The normalized spacial score (nSPS) is 11.0. The van der Waals surface area contributed by atoms with Crippen LogP contribution < -0.4 is 20.1 Å². The van der Waals surface area contributed by atoms with Gasteiger partial charge in [-0.05, 0) is 32.0 Å². The molecule has 0 amide bonds. The van der Waals surface area contributed by atoms with Crippen LogP contribution in [0.3, 0.4) is 0 Å². The minimum Gasteiger partial charge on any atom is -0.493 e. The Morgan fingerprint density at radius 3 is 2.39 bits per heavy atom. The van der Waals surface area contributed by atoms with Gasteiger partial charge in [0.05, 0.1) is 19.7 Å². The van der Waals surface area contributed by atoms with Crippen LogP contribution in [0.2, 0.25) is 0 Å². The van der Waals surface area contributed by atoms with Crippen molar-refractivity contribution in [3.63, 3.8) is 0 Å². The van der Waals surface area contributed by atoms with Crippen molar-refractivity contribution >= 4 is 22.8 Å². The molecule has 3 heterocycles. The Kier molecular flexibility index (Phi) is 5.52. The van der Waals surface area contributed by atoms with Crippen LogP contribution in [-0.2, 0) is 0 Å². The summed E-state index contributed by atoms with van der Waals surface area (Å²) in [5, 5.41) is 5.29. The van der Waals surface area contributed by atoms with E-state index < -0.39 is 0 Å². The van der Waals surface area contributed by atoms with Gasteiger partial charge >= 0.3 is 0 Å². The molecule has 0 spiro atoms. The summed E-state index contributed by atoms with van der Waals surface area (Å²) in [5.41, 5.74) is 7.55. The SMILES string of the molecule is CCN(CC)c1nc(-n2nc(-c3ccccn3)nc2N)c2cc(OC)c(OC)cc2n1. The molecule has 1 aromatic carbocycles. The van der Waals surface area contributed by atoms with Crippen LogP contribution in [0.25, 0.3) is 28.2 Å². The highest BCUT2D eigenvalue weighted by Crippen LogP contribution is 2.35. The Morgan fingerprint density at radius 2 is 1.74 bits per heavy atom. The summed E-state index contributed by atoms with van der Waals surface area (Å²) < 4.78 is 12.5. The summed E-state index contributed by atoms with van der Waals surface area (Å²) in [7, 11) is 3.17. The van der Waals surface area contributed by atoms with Crippen LogP contribution in [0.4, 0.5) is 11.9 Å². The van der Waals surface area contributed by atoms with E-state index in [1.165, 1.54) is 4.68 Å². The van der Waals surface area contributed by atoms with E-state index in [0.29, 0.717) is 45.7 Å². The number of pyridine rings is 1. The summed E-state index contributed by atoms with van der Waals surface area (Å²) in [5.74, 6) is 2.80. The second-order valence-electron chi connectivity index (χ2n) is 6.66. The topological polar surface area (TPSA) is 117 Å². The zero-order valence-corrected chi connectivity index (χ0v) is 17.9. The molecule has 160 valence electrons. The molecule has 0 radical (unpaired) electrons. The van der Waals surface area contributed by atoms with Crippen LogP contribution in [0.15, 0.2) is 36.5 Å². The number of fused-ring (bicyclic) bond motifs is 1. The lowest BCUT2D eigenvalue weighted by molar-refractivity contribution is 0.355. The number of benzene rings is 1. The molecule has 2 N–H and O–H groups in total. The third-order valence-electron chi connectivity index (χ3n) is 4.94. The molecule has 4 aromatic rings. The van der Waals surface area contributed by atoms with Gasteiger partial charge in [-0.3, -0.25) is 4.98 Å². The first kappa shape index (κ1) is 20.3. The monoisotopic (exact) mass is 420 g/mol. The standard InChI is InChI=1S/C21H24N8O2/c1-5-28(6-2)21-24-15-12-17(31-4)16(30-3)11-13(15)19(26-21)29-20(22)25-18(27-29)14-9-7-8-10-23-14/h7-12H,5-6H2,1-4H3,(H2,22,25,27). The van der Waals surface area contributed by atoms with Gasteiger partial charge in [0.1, 0.15) is 5.69 Å². The molecule has 0 fully saturated rings. The molecule has 10 heteroatoms. The highest BCUT2D eigenvalue weighted by molar-refractivity contribution is 5.90. The Labute approximate surface area is 179 Å². The van der Waals surface area contributed by atoms with E-state index in [9.17, 15) is 0 Å². The van der Waals surface area contributed by atoms with Gasteiger partial charge in [-0.15, -0.1) is 5.10 Å². The van der Waals surface area contributed by atoms with Gasteiger partial charge in [-0.2, -0.15) is 14.6 Å². The quantitative estimate of drug-likeness (QED) is 0.481. The number of rotatable bonds is 7. The number of anilines is 2. The van der Waals surface area contributed by atoms with E-state index in [4.69, 9.17) is 25.2 Å². The van der Waals surface area contributed by atoms with Crippen molar-refractivity contribution < 1.29 is 9.47 Å². The number of methoxy groups -OCH3 is 2. The van der Waals surface area contributed by atoms with Crippen LogP contribution >= 0.6 is 0 Å². The van der Waals surface area contributed by atoms with Gasteiger partial charge in [-0.25, -0.2) is 4.98 Å². The van der Waals surface area contributed by atoms with Gasteiger partial charge in [0.2, 0.25) is 17.7 Å². The van der Waals surface area contributed by atoms with Gasteiger partial charge in [0.15, 0.2) is 17.3 Å². The maximum atomic E-state index is 6.25. The molecule has 0 aliphatic carbocycles. The highest BCUT2D eigenvalue weighted by atomic mass is 16.5. The van der Waals surface area contributed by atoms with Crippen molar-refractivity contribution in [2.45, 2.75) is 13.8 Å². The molecule has 31 heavy (non-hydrogen) atoms. The largest absolute Gasteiger partial charge is 0.493 e. The molecule has 0 bridgehead atoms. The first-order valence-corrected chi connectivity index (χ1v) is 9.92. The molecule has 0 unspecified atom stereocenters. The van der Waals surface area contributed by atoms with Crippen LogP contribution in [-0.4, -0.2) is 57.0 Å². The fraction of sp³-hybridized carbons (Fsp3) is 0.286. The first-order valence-electron chi connectivity index (χ1n) is 9.92. The lowest BCUT2D eigenvalue weighted by atomic mass is 10.2. The lowest BCUT2D eigenvalue weighted by Crippen LogP contribution is -2.25. The molecular formula is C21H24N8O2. The minimum absolute atomic E-state index is 0.195. The van der Waals surface area contributed by atoms with Gasteiger partial charge in [0, 0.05) is 30.7 Å². The highest BCUT2D eigenvalue weighted by Gasteiger charge is 2.20. The molecular weight excluding hydrogens is 396 g/mol. The molecule has 0 aliphatic rings. The van der Waals surface area contributed by atoms with Crippen molar-refractivity contribution in [3.8, 4) is 28.8 Å². The fourth-order valence-electron chi connectivity index (χ4n) is 3.32. The van der Waals surface area contributed by atoms with Gasteiger partial charge < -0.3 is 20.1 Å². The van der Waals surface area contributed by atoms with E-state index in [1.54, 1.807) is 20.4 Å². The Balaban J connectivity index is 1.98. The third-order valence-corrected chi connectivity index (χ3v) is 4.94. The average Bonchev–Trinajstić information content (AvgIpc) is 3.20. The first-order chi connectivity index (χ1) is 15.1. The van der Waals surface area contributed by atoms with E-state index >= 15 is 0 Å². The third kappa shape index (κ3) is 3.67. The van der Waals surface area contributed by atoms with E-state index in [2.05, 4.69) is 15.1 Å². The fourth-order valence-corrected chi connectivity index (χ4v) is 3.32. The Bertz CT molecular complexity index is 1210. The van der Waals surface area contributed by atoms with Crippen molar-refractivity contribution in [1.29, 1.82) is 0 Å². The minimum atomic E-state index is 0.195.